The Morgan fingerprint density at radius 3 is 2.48 bits per heavy atom. The molecule has 3 aromatic rings. The molecule has 2 aromatic carbocycles. The van der Waals surface area contributed by atoms with E-state index >= 15 is 0 Å². The zero-order valence-electron chi connectivity index (χ0n) is 12.1. The molecule has 0 aliphatic rings. The number of rotatable bonds is 3. The Morgan fingerprint density at radius 1 is 1.04 bits per heavy atom. The number of nitrogens with zero attached hydrogens (tertiary/aromatic N) is 2. The summed E-state index contributed by atoms with van der Waals surface area (Å²) < 4.78 is 40.5. The van der Waals surface area contributed by atoms with E-state index in [-0.39, 0.29) is 5.75 Å². The zero-order chi connectivity index (χ0) is 16.4. The number of benzene rings is 2. The van der Waals surface area contributed by atoms with E-state index in [1.165, 1.54) is 18.2 Å². The number of nitrogens with one attached hydrogen (secondary N) is 1. The Morgan fingerprint density at radius 2 is 1.78 bits per heavy atom. The van der Waals surface area contributed by atoms with Crippen LogP contribution in [0.1, 0.15) is 5.56 Å². The molecule has 1 N–H and O–H groups in total. The van der Waals surface area contributed by atoms with Gasteiger partial charge < -0.3 is 10.1 Å². The number of alkyl halides is 3. The lowest BCUT2D eigenvalue weighted by molar-refractivity contribution is -0.274. The number of halogens is 3. The van der Waals surface area contributed by atoms with Crippen LogP contribution >= 0.6 is 0 Å². The fraction of sp³-hybridized carbons (Fsp3) is 0.125. The van der Waals surface area contributed by atoms with Crippen LogP contribution < -0.4 is 10.1 Å². The molecule has 0 unspecified atom stereocenters. The van der Waals surface area contributed by atoms with Gasteiger partial charge in [-0.25, -0.2) is 4.98 Å². The van der Waals surface area contributed by atoms with Crippen LogP contribution in [0.2, 0.25) is 0 Å². The van der Waals surface area contributed by atoms with Crippen molar-refractivity contribution in [2.45, 2.75) is 13.3 Å². The summed E-state index contributed by atoms with van der Waals surface area (Å²) in [7, 11) is 0. The Labute approximate surface area is 129 Å². The highest BCUT2D eigenvalue weighted by molar-refractivity contribution is 5.76. The summed E-state index contributed by atoms with van der Waals surface area (Å²) in [5, 5.41) is 3.04. The van der Waals surface area contributed by atoms with E-state index in [0.717, 1.165) is 11.0 Å². The van der Waals surface area contributed by atoms with Crippen LogP contribution in [0.5, 0.6) is 5.75 Å². The number of para-hydroxylation sites is 2. The molecule has 0 amide bonds. The molecular weight excluding hydrogens is 307 g/mol. The molecule has 0 aliphatic heterocycles. The maximum absolute atomic E-state index is 12.2. The van der Waals surface area contributed by atoms with Gasteiger partial charge >= 0.3 is 6.36 Å². The van der Waals surface area contributed by atoms with E-state index in [1.807, 2.05) is 24.3 Å². The summed E-state index contributed by atoms with van der Waals surface area (Å²) >= 11 is 0. The molecule has 0 aliphatic carbocycles. The zero-order valence-corrected chi connectivity index (χ0v) is 12.1. The fourth-order valence-corrected chi connectivity index (χ4v) is 2.13. The summed E-state index contributed by atoms with van der Waals surface area (Å²) in [4.78, 5) is 8.68. The van der Waals surface area contributed by atoms with Gasteiger partial charge in [0.2, 0.25) is 0 Å². The first kappa shape index (κ1) is 15.1. The third kappa shape index (κ3) is 3.68. The van der Waals surface area contributed by atoms with Crippen molar-refractivity contribution in [1.82, 2.24) is 9.97 Å². The minimum Gasteiger partial charge on any atom is -0.406 e. The number of aromatic nitrogens is 2. The molecule has 0 saturated heterocycles. The van der Waals surface area contributed by atoms with Gasteiger partial charge in [-0.3, -0.25) is 4.98 Å². The first-order valence-corrected chi connectivity index (χ1v) is 6.76. The quantitative estimate of drug-likeness (QED) is 0.767. The van der Waals surface area contributed by atoms with Gasteiger partial charge in [0.25, 0.3) is 0 Å². The van der Waals surface area contributed by atoms with Crippen molar-refractivity contribution in [3.05, 3.63) is 54.2 Å². The van der Waals surface area contributed by atoms with E-state index in [4.69, 9.17) is 0 Å². The minimum atomic E-state index is -4.70. The van der Waals surface area contributed by atoms with Crippen LogP contribution in [0.25, 0.3) is 11.0 Å². The second-order valence-electron chi connectivity index (χ2n) is 4.89. The minimum absolute atomic E-state index is 0.259. The molecule has 0 atom stereocenters. The molecule has 7 heteroatoms. The molecule has 0 bridgehead atoms. The van der Waals surface area contributed by atoms with Crippen LogP contribution in [0, 0.1) is 6.92 Å². The third-order valence-electron chi connectivity index (χ3n) is 3.14. The van der Waals surface area contributed by atoms with Crippen LogP contribution in [0.3, 0.4) is 0 Å². The molecule has 4 nitrogen and oxygen atoms in total. The molecule has 1 heterocycles. The van der Waals surface area contributed by atoms with Gasteiger partial charge in [0, 0.05) is 5.69 Å². The average Bonchev–Trinajstić information content (AvgIpc) is 2.48. The van der Waals surface area contributed by atoms with Crippen molar-refractivity contribution >= 4 is 22.5 Å². The van der Waals surface area contributed by atoms with E-state index in [0.29, 0.717) is 17.1 Å². The number of fused-ring (bicyclic) bond motifs is 1. The van der Waals surface area contributed by atoms with Gasteiger partial charge in [0.1, 0.15) is 11.6 Å². The maximum Gasteiger partial charge on any atom is 0.573 e. The first-order valence-electron chi connectivity index (χ1n) is 6.76. The molecule has 0 saturated carbocycles. The molecule has 0 fully saturated rings. The smallest absolute Gasteiger partial charge is 0.406 e. The van der Waals surface area contributed by atoms with Crippen molar-refractivity contribution in [1.29, 1.82) is 0 Å². The average molecular weight is 319 g/mol. The van der Waals surface area contributed by atoms with E-state index in [9.17, 15) is 13.2 Å². The lowest BCUT2D eigenvalue weighted by Gasteiger charge is -2.13. The van der Waals surface area contributed by atoms with Crippen molar-refractivity contribution < 1.29 is 17.9 Å². The normalized spacial score (nSPS) is 11.5. The molecule has 0 radical (unpaired) electrons. The Hall–Kier alpha value is -2.83. The van der Waals surface area contributed by atoms with Crippen LogP contribution in [0.15, 0.2) is 48.7 Å². The third-order valence-corrected chi connectivity index (χ3v) is 3.14. The number of hydrogen-bond donors (Lipinski definition) is 1. The van der Waals surface area contributed by atoms with Crippen LogP contribution in [-0.4, -0.2) is 16.3 Å². The number of anilines is 2. The Balaban J connectivity index is 1.84. The summed E-state index contributed by atoms with van der Waals surface area (Å²) in [6, 6.07) is 11.5. The van der Waals surface area contributed by atoms with Crippen molar-refractivity contribution in [2.75, 3.05) is 5.32 Å². The maximum atomic E-state index is 12.2. The molecular formula is C16H12F3N3O. The highest BCUT2D eigenvalue weighted by Crippen LogP contribution is 2.28. The lowest BCUT2D eigenvalue weighted by atomic mass is 10.2. The van der Waals surface area contributed by atoms with Crippen LogP contribution in [-0.2, 0) is 0 Å². The monoisotopic (exact) mass is 319 g/mol. The van der Waals surface area contributed by atoms with Crippen molar-refractivity contribution in [2.24, 2.45) is 0 Å². The molecule has 118 valence electrons. The highest BCUT2D eigenvalue weighted by Gasteiger charge is 2.31. The predicted octanol–water partition coefficient (Wildman–Crippen LogP) is 4.58. The number of aryl methyl sites for hydroxylation is 1. The van der Waals surface area contributed by atoms with E-state index in [1.54, 1.807) is 13.1 Å². The Kier molecular flexibility index (Phi) is 3.77. The summed E-state index contributed by atoms with van der Waals surface area (Å²) in [5.41, 5.74) is 2.72. The van der Waals surface area contributed by atoms with E-state index < -0.39 is 6.36 Å². The second kappa shape index (κ2) is 5.75. The van der Waals surface area contributed by atoms with Gasteiger partial charge in [-0.1, -0.05) is 12.1 Å². The molecule has 0 spiro atoms. The topological polar surface area (TPSA) is 47.0 Å². The van der Waals surface area contributed by atoms with Gasteiger partial charge in [0.05, 0.1) is 17.2 Å². The summed E-state index contributed by atoms with van der Waals surface area (Å²) in [6.07, 6.45) is -3.13. The standard InChI is InChI=1S/C16H12F3N3O/c1-10-8-11(23-16(17,18)19)6-7-12(10)21-15-9-20-13-4-2-3-5-14(13)22-15/h2-9H,1H3,(H,21,22). The Bertz CT molecular complexity index is 849. The van der Waals surface area contributed by atoms with E-state index in [2.05, 4.69) is 20.0 Å². The largest absolute Gasteiger partial charge is 0.573 e. The summed E-state index contributed by atoms with van der Waals surface area (Å²) in [6.45, 7) is 1.68. The first-order chi connectivity index (χ1) is 10.9. The van der Waals surface area contributed by atoms with Crippen LogP contribution in [0.4, 0.5) is 24.7 Å². The molecule has 3 rings (SSSR count). The van der Waals surface area contributed by atoms with Gasteiger partial charge in [-0.05, 0) is 42.8 Å². The fourth-order valence-electron chi connectivity index (χ4n) is 2.13. The molecule has 1 aromatic heterocycles. The van der Waals surface area contributed by atoms with Crippen molar-refractivity contribution in [3.63, 3.8) is 0 Å². The second-order valence-corrected chi connectivity index (χ2v) is 4.89. The SMILES string of the molecule is Cc1cc(OC(F)(F)F)ccc1Nc1cnc2ccccc2n1. The van der Waals surface area contributed by atoms with Gasteiger partial charge in [-0.15, -0.1) is 13.2 Å². The predicted molar refractivity (Wildman–Crippen MR) is 80.7 cm³/mol. The lowest BCUT2D eigenvalue weighted by Crippen LogP contribution is -2.17. The van der Waals surface area contributed by atoms with Crippen molar-refractivity contribution in [3.8, 4) is 5.75 Å². The summed E-state index contributed by atoms with van der Waals surface area (Å²) in [5.74, 6) is 0.251. The highest BCUT2D eigenvalue weighted by atomic mass is 19.4. The molecule has 23 heavy (non-hydrogen) atoms. The number of ether oxygens (including phenoxy) is 1. The van der Waals surface area contributed by atoms with Gasteiger partial charge in [-0.2, -0.15) is 0 Å². The van der Waals surface area contributed by atoms with Gasteiger partial charge in [0.15, 0.2) is 0 Å². The number of hydrogen-bond acceptors (Lipinski definition) is 4.